The molecule has 1 aromatic heterocycles. The molecule has 2 heterocycles. The van der Waals surface area contributed by atoms with Gasteiger partial charge in [0, 0.05) is 34.9 Å². The fourth-order valence-corrected chi connectivity index (χ4v) is 2.94. The summed E-state index contributed by atoms with van der Waals surface area (Å²) in [6.07, 6.45) is 0. The molecule has 0 radical (unpaired) electrons. The van der Waals surface area contributed by atoms with Crippen LogP contribution in [0.25, 0.3) is 0 Å². The summed E-state index contributed by atoms with van der Waals surface area (Å²) in [5.41, 5.74) is 0. The van der Waals surface area contributed by atoms with E-state index < -0.39 is 0 Å². The number of likely N-dealkylation sites (N-methyl/N-ethyl adjacent to an activating group) is 1. The van der Waals surface area contributed by atoms with Gasteiger partial charge in [-0.25, -0.2) is 4.79 Å². The molecule has 1 aliphatic rings. The zero-order valence-electron chi connectivity index (χ0n) is 7.86. The lowest BCUT2D eigenvalue weighted by Gasteiger charge is -2.14. The van der Waals surface area contributed by atoms with Crippen LogP contribution in [0.2, 0.25) is 0 Å². The Morgan fingerprint density at radius 1 is 1.57 bits per heavy atom. The van der Waals surface area contributed by atoms with Gasteiger partial charge in [-0.05, 0) is 22.0 Å². The first-order chi connectivity index (χ1) is 6.66. The second-order valence-electron chi connectivity index (χ2n) is 3.36. The van der Waals surface area contributed by atoms with E-state index in [4.69, 9.17) is 0 Å². The summed E-state index contributed by atoms with van der Waals surface area (Å²) in [6, 6.07) is 2.20. The Hall–Kier alpha value is -0.550. The maximum absolute atomic E-state index is 11.6. The summed E-state index contributed by atoms with van der Waals surface area (Å²) in [5, 5.41) is 2.04. The minimum absolute atomic E-state index is 0.134. The summed E-state index contributed by atoms with van der Waals surface area (Å²) in [5.74, 6) is 0. The number of rotatable bonds is 2. The molecular formula is C9H11BrN2OS. The van der Waals surface area contributed by atoms with Crippen LogP contribution >= 0.6 is 27.3 Å². The van der Waals surface area contributed by atoms with Crippen LogP contribution < -0.4 is 0 Å². The minimum atomic E-state index is 0.134. The molecule has 0 unspecified atom stereocenters. The fraction of sp³-hybridized carbons (Fsp3) is 0.444. The standard InChI is InChI=1S/C9H11BrN2OS/c1-11-2-3-12(9(11)13)5-8-4-7(10)6-14-8/h4,6H,2-3,5H2,1H3. The molecule has 2 amide bonds. The number of nitrogens with zero attached hydrogens (tertiary/aromatic N) is 2. The molecule has 5 heteroatoms. The smallest absolute Gasteiger partial charge is 0.320 e. The van der Waals surface area contributed by atoms with Gasteiger partial charge in [-0.2, -0.15) is 0 Å². The van der Waals surface area contributed by atoms with E-state index in [-0.39, 0.29) is 6.03 Å². The van der Waals surface area contributed by atoms with Gasteiger partial charge in [-0.15, -0.1) is 11.3 Å². The van der Waals surface area contributed by atoms with Crippen molar-refractivity contribution in [3.63, 3.8) is 0 Å². The third-order valence-corrected chi connectivity index (χ3v) is 3.95. The van der Waals surface area contributed by atoms with Crippen molar-refractivity contribution in [2.24, 2.45) is 0 Å². The highest BCUT2D eigenvalue weighted by Crippen LogP contribution is 2.22. The molecule has 1 saturated heterocycles. The quantitative estimate of drug-likeness (QED) is 0.813. The van der Waals surface area contributed by atoms with Crippen molar-refractivity contribution < 1.29 is 4.79 Å². The van der Waals surface area contributed by atoms with Gasteiger partial charge in [0.1, 0.15) is 0 Å². The van der Waals surface area contributed by atoms with E-state index in [1.165, 1.54) is 4.88 Å². The number of amides is 2. The Kier molecular flexibility index (Phi) is 2.78. The van der Waals surface area contributed by atoms with Gasteiger partial charge in [0.2, 0.25) is 0 Å². The maximum Gasteiger partial charge on any atom is 0.320 e. The maximum atomic E-state index is 11.6. The van der Waals surface area contributed by atoms with E-state index in [0.717, 1.165) is 24.1 Å². The molecule has 0 spiro atoms. The summed E-state index contributed by atoms with van der Waals surface area (Å²) in [6.45, 7) is 2.41. The number of thiophene rings is 1. The van der Waals surface area contributed by atoms with Gasteiger partial charge in [0.05, 0.1) is 6.54 Å². The normalized spacial score (nSPS) is 16.9. The van der Waals surface area contributed by atoms with Crippen LogP contribution in [0.4, 0.5) is 4.79 Å². The molecule has 1 fully saturated rings. The van der Waals surface area contributed by atoms with Crippen LogP contribution in [0, 0.1) is 0 Å². The van der Waals surface area contributed by atoms with Gasteiger partial charge in [-0.3, -0.25) is 0 Å². The molecule has 0 saturated carbocycles. The molecule has 76 valence electrons. The predicted molar refractivity (Wildman–Crippen MR) is 60.5 cm³/mol. The predicted octanol–water partition coefficient (Wildman–Crippen LogP) is 2.38. The molecule has 0 aromatic carbocycles. The van der Waals surface area contributed by atoms with Crippen molar-refractivity contribution in [2.45, 2.75) is 6.54 Å². The number of hydrogen-bond acceptors (Lipinski definition) is 2. The third kappa shape index (κ3) is 1.93. The van der Waals surface area contributed by atoms with E-state index in [1.54, 1.807) is 16.2 Å². The van der Waals surface area contributed by atoms with E-state index in [9.17, 15) is 4.79 Å². The van der Waals surface area contributed by atoms with Gasteiger partial charge < -0.3 is 9.80 Å². The van der Waals surface area contributed by atoms with Crippen LogP contribution in [0.15, 0.2) is 15.9 Å². The molecule has 1 aromatic rings. The molecule has 0 aliphatic carbocycles. The Morgan fingerprint density at radius 3 is 2.86 bits per heavy atom. The van der Waals surface area contributed by atoms with Crippen LogP contribution in [0.5, 0.6) is 0 Å². The van der Waals surface area contributed by atoms with E-state index in [1.807, 2.05) is 17.3 Å². The largest absolute Gasteiger partial charge is 0.326 e. The lowest BCUT2D eigenvalue weighted by Crippen LogP contribution is -2.28. The van der Waals surface area contributed by atoms with E-state index >= 15 is 0 Å². The molecule has 2 rings (SSSR count). The number of carbonyl (C=O) groups is 1. The third-order valence-electron chi connectivity index (χ3n) is 2.27. The highest BCUT2D eigenvalue weighted by molar-refractivity contribution is 9.10. The second kappa shape index (κ2) is 3.90. The van der Waals surface area contributed by atoms with Crippen molar-refractivity contribution >= 4 is 33.3 Å². The van der Waals surface area contributed by atoms with Crippen molar-refractivity contribution in [2.75, 3.05) is 20.1 Å². The highest BCUT2D eigenvalue weighted by atomic mass is 79.9. The fourth-order valence-electron chi connectivity index (χ4n) is 1.47. The molecule has 0 bridgehead atoms. The van der Waals surface area contributed by atoms with Crippen molar-refractivity contribution in [3.05, 3.63) is 20.8 Å². The number of carbonyl (C=O) groups excluding carboxylic acids is 1. The first kappa shape index (κ1) is 9.98. The minimum Gasteiger partial charge on any atom is -0.326 e. The number of urea groups is 1. The van der Waals surface area contributed by atoms with Gasteiger partial charge >= 0.3 is 6.03 Å². The average molecular weight is 275 g/mol. The van der Waals surface area contributed by atoms with Gasteiger partial charge in [0.25, 0.3) is 0 Å². The monoisotopic (exact) mass is 274 g/mol. The van der Waals surface area contributed by atoms with Crippen LogP contribution in [0.3, 0.4) is 0 Å². The first-order valence-corrected chi connectivity index (χ1v) is 6.07. The van der Waals surface area contributed by atoms with Crippen molar-refractivity contribution in [1.29, 1.82) is 0 Å². The second-order valence-corrected chi connectivity index (χ2v) is 5.27. The Balaban J connectivity index is 2.02. The van der Waals surface area contributed by atoms with Crippen LogP contribution in [-0.4, -0.2) is 36.0 Å². The molecule has 0 N–H and O–H groups in total. The Morgan fingerprint density at radius 2 is 2.36 bits per heavy atom. The summed E-state index contributed by atoms with van der Waals surface area (Å²) in [4.78, 5) is 16.4. The summed E-state index contributed by atoms with van der Waals surface area (Å²) >= 11 is 5.09. The molecule has 1 aliphatic heterocycles. The zero-order chi connectivity index (χ0) is 10.1. The Labute approximate surface area is 95.4 Å². The van der Waals surface area contributed by atoms with Gasteiger partial charge in [0.15, 0.2) is 0 Å². The molecule has 0 atom stereocenters. The zero-order valence-corrected chi connectivity index (χ0v) is 10.3. The molecule has 14 heavy (non-hydrogen) atoms. The Bertz CT molecular complexity index is 352. The summed E-state index contributed by atoms with van der Waals surface area (Å²) < 4.78 is 1.09. The van der Waals surface area contributed by atoms with E-state index in [0.29, 0.717) is 0 Å². The lowest BCUT2D eigenvalue weighted by molar-refractivity contribution is 0.197. The van der Waals surface area contributed by atoms with Crippen LogP contribution in [-0.2, 0) is 6.54 Å². The SMILES string of the molecule is CN1CCN(Cc2cc(Br)cs2)C1=O. The van der Waals surface area contributed by atoms with Crippen molar-refractivity contribution in [3.8, 4) is 0 Å². The first-order valence-electron chi connectivity index (χ1n) is 4.40. The van der Waals surface area contributed by atoms with Crippen LogP contribution in [0.1, 0.15) is 4.88 Å². The topological polar surface area (TPSA) is 23.6 Å². The van der Waals surface area contributed by atoms with Crippen molar-refractivity contribution in [1.82, 2.24) is 9.80 Å². The average Bonchev–Trinajstić information content (AvgIpc) is 2.67. The number of hydrogen-bond donors (Lipinski definition) is 0. The lowest BCUT2D eigenvalue weighted by atomic mass is 10.4. The highest BCUT2D eigenvalue weighted by Gasteiger charge is 2.25. The number of halogens is 1. The summed E-state index contributed by atoms with van der Waals surface area (Å²) in [7, 11) is 1.84. The molecular weight excluding hydrogens is 264 g/mol. The van der Waals surface area contributed by atoms with Gasteiger partial charge in [-0.1, -0.05) is 0 Å². The molecule has 3 nitrogen and oxygen atoms in total. The van der Waals surface area contributed by atoms with E-state index in [2.05, 4.69) is 22.0 Å².